The Morgan fingerprint density at radius 3 is 0.947 bits per heavy atom. The molecule has 0 aliphatic heterocycles. The zero-order chi connectivity index (χ0) is 39.2. The van der Waals surface area contributed by atoms with Crippen molar-refractivity contribution in [1.29, 1.82) is 0 Å². The maximum absolute atomic E-state index is 4.96. The van der Waals surface area contributed by atoms with Crippen molar-refractivity contribution in [3.63, 3.8) is 0 Å². The van der Waals surface area contributed by atoms with E-state index < -0.39 is 0 Å². The van der Waals surface area contributed by atoms with Gasteiger partial charge in [0.15, 0.2) is 0 Å². The maximum Gasteiger partial charge on any atom is 0.0907 e. The molecule has 1 aromatic heterocycles. The second kappa shape index (κ2) is 19.4. The van der Waals surface area contributed by atoms with Gasteiger partial charge in [0.05, 0.1) is 20.9 Å². The van der Waals surface area contributed by atoms with E-state index >= 15 is 0 Å². The van der Waals surface area contributed by atoms with Crippen molar-refractivity contribution in [1.82, 2.24) is 4.98 Å². The molecule has 1 heterocycles. The van der Waals surface area contributed by atoms with Crippen molar-refractivity contribution in [3.8, 4) is 0 Å². The zero-order valence-electron chi connectivity index (χ0n) is 32.6. The summed E-state index contributed by atoms with van der Waals surface area (Å²) in [4.78, 5) is 16.9. The minimum atomic E-state index is -0.368. The number of pyridine rings is 1. The average molecular weight is 781 g/mol. The van der Waals surface area contributed by atoms with E-state index in [1.54, 1.807) is 0 Å². The minimum Gasteiger partial charge on any atom is -0.378 e. The third kappa shape index (κ3) is 9.31. The van der Waals surface area contributed by atoms with Crippen molar-refractivity contribution >= 4 is 41.6 Å². The molecule has 0 saturated carbocycles. The summed E-state index contributed by atoms with van der Waals surface area (Å²) in [6.45, 7) is 1.30. The first-order valence-corrected chi connectivity index (χ1v) is 21.4. The molecular weight excluding hydrogens is 733 g/mol. The van der Waals surface area contributed by atoms with Crippen LogP contribution in [0.3, 0.4) is 0 Å². The first-order valence-electron chi connectivity index (χ1n) is 19.4. The summed E-state index contributed by atoms with van der Waals surface area (Å²) in [5.74, 6) is 1.65. The Labute approximate surface area is 346 Å². The second-order valence-electron chi connectivity index (χ2n) is 13.9. The van der Waals surface area contributed by atoms with Gasteiger partial charge < -0.3 is 4.90 Å². The largest absolute Gasteiger partial charge is 0.378 e. The SMILES string of the molecule is CN(C)c1cc(C=NCCSC(c2ccccc2)(c2ccccc2)c2ccccc2)nc(C=NCCSC(c2ccccc2)(c2ccccc2)c2ccccc2)c1. The monoisotopic (exact) mass is 780 g/mol. The fourth-order valence-electron chi connectivity index (χ4n) is 7.30. The van der Waals surface area contributed by atoms with E-state index in [0.29, 0.717) is 13.1 Å². The number of hydrogen-bond acceptors (Lipinski definition) is 6. The Hall–Kier alpha value is -5.69. The predicted molar refractivity (Wildman–Crippen MR) is 247 cm³/mol. The zero-order valence-corrected chi connectivity index (χ0v) is 34.2. The first kappa shape index (κ1) is 39.5. The summed E-state index contributed by atoms with van der Waals surface area (Å²) in [5.41, 5.74) is 10.2. The van der Waals surface area contributed by atoms with Crippen LogP contribution in [0.4, 0.5) is 5.69 Å². The van der Waals surface area contributed by atoms with Gasteiger partial charge in [0.25, 0.3) is 0 Å². The van der Waals surface area contributed by atoms with Crippen LogP contribution in [-0.4, -0.2) is 56.1 Å². The van der Waals surface area contributed by atoms with Gasteiger partial charge in [-0.15, -0.1) is 23.5 Å². The summed E-state index contributed by atoms with van der Waals surface area (Å²) in [6.07, 6.45) is 3.81. The molecule has 0 aliphatic rings. The van der Waals surface area contributed by atoms with Crippen LogP contribution < -0.4 is 4.90 Å². The molecule has 7 rings (SSSR count). The third-order valence-electron chi connectivity index (χ3n) is 9.97. The number of nitrogens with zero attached hydrogens (tertiary/aromatic N) is 4. The molecule has 0 fully saturated rings. The first-order chi connectivity index (χ1) is 28.1. The molecule has 4 nitrogen and oxygen atoms in total. The van der Waals surface area contributed by atoms with Gasteiger partial charge in [-0.05, 0) is 45.5 Å². The highest BCUT2D eigenvalue weighted by atomic mass is 32.2. The fourth-order valence-corrected chi connectivity index (χ4v) is 10.1. The van der Waals surface area contributed by atoms with Crippen molar-refractivity contribution in [3.05, 3.63) is 239 Å². The van der Waals surface area contributed by atoms with Crippen molar-refractivity contribution in [2.75, 3.05) is 43.6 Å². The minimum absolute atomic E-state index is 0.368. The van der Waals surface area contributed by atoms with E-state index in [1.165, 1.54) is 33.4 Å². The van der Waals surface area contributed by atoms with Gasteiger partial charge in [-0.1, -0.05) is 182 Å². The fraction of sp³-hybridized carbons (Fsp3) is 0.157. The van der Waals surface area contributed by atoms with Gasteiger partial charge in [0.2, 0.25) is 0 Å². The number of benzene rings is 6. The molecule has 0 amide bonds. The molecule has 0 atom stereocenters. The lowest BCUT2D eigenvalue weighted by atomic mass is 9.84. The smallest absolute Gasteiger partial charge is 0.0907 e. The third-order valence-corrected chi connectivity index (χ3v) is 13.0. The van der Waals surface area contributed by atoms with Crippen molar-refractivity contribution < 1.29 is 0 Å². The van der Waals surface area contributed by atoms with E-state index in [4.69, 9.17) is 15.0 Å². The molecule has 57 heavy (non-hydrogen) atoms. The average Bonchev–Trinajstić information content (AvgIpc) is 3.28. The van der Waals surface area contributed by atoms with Crippen molar-refractivity contribution in [2.45, 2.75) is 9.49 Å². The second-order valence-corrected chi connectivity index (χ2v) is 16.5. The van der Waals surface area contributed by atoms with E-state index in [0.717, 1.165) is 28.6 Å². The lowest BCUT2D eigenvalue weighted by Crippen LogP contribution is -2.26. The molecule has 6 heteroatoms. The Morgan fingerprint density at radius 2 is 0.702 bits per heavy atom. The lowest BCUT2D eigenvalue weighted by Gasteiger charge is -2.35. The number of anilines is 1. The van der Waals surface area contributed by atoms with E-state index in [-0.39, 0.29) is 9.49 Å². The molecular formula is C51H48N4S2. The van der Waals surface area contributed by atoms with Crippen LogP contribution in [0.5, 0.6) is 0 Å². The van der Waals surface area contributed by atoms with Crippen molar-refractivity contribution in [2.24, 2.45) is 9.98 Å². The summed E-state index contributed by atoms with van der Waals surface area (Å²) < 4.78 is -0.736. The van der Waals surface area contributed by atoms with E-state index in [2.05, 4.69) is 213 Å². The quantitative estimate of drug-likeness (QED) is 0.0524. The molecule has 0 unspecified atom stereocenters. The van der Waals surface area contributed by atoms with Gasteiger partial charge in [-0.3, -0.25) is 9.98 Å². The topological polar surface area (TPSA) is 40.9 Å². The Kier molecular flexibility index (Phi) is 13.5. The normalized spacial score (nSPS) is 12.0. The molecule has 6 aromatic carbocycles. The highest BCUT2D eigenvalue weighted by Crippen LogP contribution is 2.49. The summed E-state index contributed by atoms with van der Waals surface area (Å²) in [7, 11) is 4.11. The highest BCUT2D eigenvalue weighted by molar-refractivity contribution is 8.00. The van der Waals surface area contributed by atoms with Gasteiger partial charge in [0.1, 0.15) is 0 Å². The van der Waals surface area contributed by atoms with Gasteiger partial charge in [-0.25, -0.2) is 4.98 Å². The molecule has 284 valence electrons. The van der Waals surface area contributed by atoms with Gasteiger partial charge in [-0.2, -0.15) is 0 Å². The predicted octanol–water partition coefficient (Wildman–Crippen LogP) is 11.4. The van der Waals surface area contributed by atoms with Crippen LogP contribution in [-0.2, 0) is 9.49 Å². The molecule has 0 aliphatic carbocycles. The summed E-state index contributed by atoms with van der Waals surface area (Å²) in [5, 5.41) is 0. The standard InChI is InChI=1S/C51H48N4S2/c1-55(2)49-37-47(39-52-33-35-56-50(41-21-9-3-10-22-41,42-23-11-4-12-24-42)43-25-13-5-14-26-43)54-48(38-49)40-53-34-36-57-51(44-27-15-6-16-28-44,45-29-17-7-18-30-45)46-31-19-8-20-32-46/h3-32,37-40H,33-36H2,1-2H3. The lowest BCUT2D eigenvalue weighted by molar-refractivity contribution is 0.892. The van der Waals surface area contributed by atoms with Crippen LogP contribution in [0.15, 0.2) is 204 Å². The van der Waals surface area contributed by atoms with Crippen LogP contribution in [0.25, 0.3) is 0 Å². The molecule has 7 aromatic rings. The summed E-state index contributed by atoms with van der Waals surface area (Å²) >= 11 is 3.84. The maximum atomic E-state index is 4.96. The molecule has 0 radical (unpaired) electrons. The van der Waals surface area contributed by atoms with Crippen LogP contribution in [0, 0.1) is 0 Å². The summed E-state index contributed by atoms with van der Waals surface area (Å²) in [6, 6.07) is 69.1. The molecule has 0 bridgehead atoms. The number of aliphatic imine (C=N–C) groups is 2. The number of hydrogen-bond donors (Lipinski definition) is 0. The van der Waals surface area contributed by atoms with E-state index in [1.807, 2.05) is 36.0 Å². The van der Waals surface area contributed by atoms with E-state index in [9.17, 15) is 0 Å². The van der Waals surface area contributed by atoms with Gasteiger partial charge in [0, 0.05) is 56.8 Å². The highest BCUT2D eigenvalue weighted by Gasteiger charge is 2.37. The number of aromatic nitrogens is 1. The number of thioether (sulfide) groups is 2. The number of rotatable bonds is 17. The van der Waals surface area contributed by atoms with Crippen LogP contribution >= 0.6 is 23.5 Å². The van der Waals surface area contributed by atoms with Crippen LogP contribution in [0.2, 0.25) is 0 Å². The Balaban J connectivity index is 1.07. The molecule has 0 N–H and O–H groups in total. The van der Waals surface area contributed by atoms with Crippen LogP contribution in [0.1, 0.15) is 44.8 Å². The van der Waals surface area contributed by atoms with Gasteiger partial charge >= 0.3 is 0 Å². The molecule has 0 saturated heterocycles. The Morgan fingerprint density at radius 1 is 0.439 bits per heavy atom. The Bertz CT molecular complexity index is 1960. The molecule has 0 spiro atoms.